The number of imidazole rings is 1. The Morgan fingerprint density at radius 2 is 1.91 bits per heavy atom. The van der Waals surface area contributed by atoms with Gasteiger partial charge in [-0.3, -0.25) is 4.90 Å². The molecule has 1 aromatic heterocycles. The Kier molecular flexibility index (Phi) is 7.88. The van der Waals surface area contributed by atoms with Crippen LogP contribution in [0.15, 0.2) is 41.3 Å². The zero-order valence-corrected chi connectivity index (χ0v) is 19.6. The Labute approximate surface area is 192 Å². The summed E-state index contributed by atoms with van der Waals surface area (Å²) < 4.78 is 60.3. The first-order valence-corrected chi connectivity index (χ1v) is 12.0. The van der Waals surface area contributed by atoms with E-state index in [1.807, 2.05) is 11.9 Å². The lowest BCUT2D eigenvalue weighted by atomic mass is 10.2. The summed E-state index contributed by atoms with van der Waals surface area (Å²) in [6, 6.07) is 9.53. The highest BCUT2D eigenvalue weighted by molar-refractivity contribution is 7.89. The SMILES string of the molecule is CCCCn1c(CN(C)Cc2ccc(OC(F)F)c(OC)c2)nc2cc(S(N)(=O)=O)ccc21. The lowest BCUT2D eigenvalue weighted by molar-refractivity contribution is -0.0512. The molecule has 180 valence electrons. The molecule has 0 bridgehead atoms. The van der Waals surface area contributed by atoms with Gasteiger partial charge in [0.15, 0.2) is 11.5 Å². The van der Waals surface area contributed by atoms with Gasteiger partial charge in [0.05, 0.1) is 29.6 Å². The maximum absolute atomic E-state index is 12.6. The molecule has 0 fully saturated rings. The number of nitrogens with two attached hydrogens (primary N) is 1. The van der Waals surface area contributed by atoms with Crippen LogP contribution in [0, 0.1) is 0 Å². The summed E-state index contributed by atoms with van der Waals surface area (Å²) in [7, 11) is -0.517. The third-order valence-electron chi connectivity index (χ3n) is 5.17. The van der Waals surface area contributed by atoms with Gasteiger partial charge in [-0.05, 0) is 49.4 Å². The Hall–Kier alpha value is -2.76. The van der Waals surface area contributed by atoms with Crippen molar-refractivity contribution in [1.82, 2.24) is 14.5 Å². The largest absolute Gasteiger partial charge is 0.493 e. The van der Waals surface area contributed by atoms with E-state index in [1.54, 1.807) is 18.2 Å². The highest BCUT2D eigenvalue weighted by Gasteiger charge is 2.17. The van der Waals surface area contributed by atoms with E-state index < -0.39 is 16.6 Å². The Bertz CT molecular complexity index is 1210. The number of hydrogen-bond donors (Lipinski definition) is 1. The number of ether oxygens (including phenoxy) is 2. The first kappa shape index (κ1) is 24.9. The molecule has 0 atom stereocenters. The van der Waals surface area contributed by atoms with Gasteiger partial charge in [-0.15, -0.1) is 0 Å². The van der Waals surface area contributed by atoms with Crippen LogP contribution in [-0.4, -0.2) is 43.6 Å². The number of nitrogens with zero attached hydrogens (tertiary/aromatic N) is 3. The quantitative estimate of drug-likeness (QED) is 0.447. The zero-order chi connectivity index (χ0) is 24.2. The van der Waals surface area contributed by atoms with Crippen LogP contribution in [0.3, 0.4) is 0 Å². The van der Waals surface area contributed by atoms with E-state index in [0.29, 0.717) is 18.6 Å². The van der Waals surface area contributed by atoms with Crippen molar-refractivity contribution in [3.63, 3.8) is 0 Å². The van der Waals surface area contributed by atoms with E-state index in [4.69, 9.17) is 9.88 Å². The minimum Gasteiger partial charge on any atom is -0.493 e. The average Bonchev–Trinajstić information content (AvgIpc) is 3.08. The van der Waals surface area contributed by atoms with Crippen LogP contribution in [0.5, 0.6) is 11.5 Å². The van der Waals surface area contributed by atoms with Gasteiger partial charge in [0, 0.05) is 13.1 Å². The molecule has 3 rings (SSSR count). The number of rotatable bonds is 11. The maximum Gasteiger partial charge on any atom is 0.387 e. The van der Waals surface area contributed by atoms with Crippen LogP contribution in [0.25, 0.3) is 11.0 Å². The Morgan fingerprint density at radius 1 is 1.15 bits per heavy atom. The summed E-state index contributed by atoms with van der Waals surface area (Å²) in [4.78, 5) is 6.72. The van der Waals surface area contributed by atoms with Crippen molar-refractivity contribution in [2.24, 2.45) is 5.14 Å². The maximum atomic E-state index is 12.6. The molecule has 0 amide bonds. The minimum absolute atomic E-state index is 0.0215. The van der Waals surface area contributed by atoms with Gasteiger partial charge in [0.2, 0.25) is 10.0 Å². The van der Waals surface area contributed by atoms with Crippen molar-refractivity contribution < 1.29 is 26.7 Å². The molecular weight excluding hydrogens is 454 g/mol. The molecule has 11 heteroatoms. The van der Waals surface area contributed by atoms with Gasteiger partial charge in [-0.2, -0.15) is 8.78 Å². The molecule has 8 nitrogen and oxygen atoms in total. The molecule has 0 unspecified atom stereocenters. The third kappa shape index (κ3) is 6.18. The number of halogens is 2. The summed E-state index contributed by atoms with van der Waals surface area (Å²) in [5.41, 5.74) is 2.26. The van der Waals surface area contributed by atoms with Gasteiger partial charge >= 0.3 is 6.61 Å². The summed E-state index contributed by atoms with van der Waals surface area (Å²) in [6.45, 7) is 0.904. The molecule has 0 spiro atoms. The first-order chi connectivity index (χ1) is 15.6. The number of hydrogen-bond acceptors (Lipinski definition) is 6. The molecule has 33 heavy (non-hydrogen) atoms. The third-order valence-corrected chi connectivity index (χ3v) is 6.08. The minimum atomic E-state index is -3.83. The number of methoxy groups -OCH3 is 1. The number of unbranched alkanes of at least 4 members (excludes halogenated alkanes) is 1. The fourth-order valence-corrected chi connectivity index (χ4v) is 4.17. The van der Waals surface area contributed by atoms with E-state index >= 15 is 0 Å². The lowest BCUT2D eigenvalue weighted by Gasteiger charge is -2.19. The summed E-state index contributed by atoms with van der Waals surface area (Å²) in [5.74, 6) is 0.995. The number of benzene rings is 2. The molecule has 1 heterocycles. The molecule has 0 aliphatic carbocycles. The van der Waals surface area contributed by atoms with Gasteiger partial charge in [0.25, 0.3) is 0 Å². The summed E-state index contributed by atoms with van der Waals surface area (Å²) >= 11 is 0. The normalized spacial score (nSPS) is 12.1. The standard InChI is InChI=1S/C22H28F2N4O4S/c1-4-5-10-28-18-8-7-16(33(25,29)30)12-17(18)26-21(28)14-27(2)13-15-6-9-19(32-22(23)24)20(11-15)31-3/h6-9,11-12,22H,4-5,10,13-14H2,1-3H3,(H2,25,29,30). The molecule has 0 saturated carbocycles. The molecule has 3 aromatic rings. The van der Waals surface area contributed by atoms with Gasteiger partial charge in [-0.1, -0.05) is 19.4 Å². The molecule has 0 saturated heterocycles. The van der Waals surface area contributed by atoms with Crippen LogP contribution >= 0.6 is 0 Å². The second-order valence-electron chi connectivity index (χ2n) is 7.76. The predicted octanol–water partition coefficient (Wildman–Crippen LogP) is 3.73. The number of sulfonamides is 1. The van der Waals surface area contributed by atoms with Crippen LogP contribution in [0.1, 0.15) is 31.2 Å². The van der Waals surface area contributed by atoms with Crippen LogP contribution in [-0.2, 0) is 29.7 Å². The highest BCUT2D eigenvalue weighted by atomic mass is 32.2. The van der Waals surface area contributed by atoms with Crippen LogP contribution in [0.4, 0.5) is 8.78 Å². The van der Waals surface area contributed by atoms with E-state index in [-0.39, 0.29) is 16.4 Å². The second kappa shape index (κ2) is 10.4. The van der Waals surface area contributed by atoms with Gasteiger partial charge < -0.3 is 14.0 Å². The first-order valence-electron chi connectivity index (χ1n) is 10.4. The molecule has 2 aromatic carbocycles. The highest BCUT2D eigenvalue weighted by Crippen LogP contribution is 2.30. The fraction of sp³-hybridized carbons (Fsp3) is 0.409. The zero-order valence-electron chi connectivity index (χ0n) is 18.8. The van der Waals surface area contributed by atoms with Crippen LogP contribution in [0.2, 0.25) is 0 Å². The number of primary sulfonamides is 1. The van der Waals surface area contributed by atoms with E-state index in [1.165, 1.54) is 25.3 Å². The number of aryl methyl sites for hydroxylation is 1. The molecule has 0 aliphatic heterocycles. The van der Waals surface area contributed by atoms with E-state index in [9.17, 15) is 17.2 Å². The number of alkyl halides is 2. The monoisotopic (exact) mass is 482 g/mol. The van der Waals surface area contributed by atoms with Crippen molar-refractivity contribution in [1.29, 1.82) is 0 Å². The predicted molar refractivity (Wildman–Crippen MR) is 121 cm³/mol. The van der Waals surface area contributed by atoms with E-state index in [2.05, 4.69) is 21.2 Å². The molecular formula is C22H28F2N4O4S. The number of fused-ring (bicyclic) bond motifs is 1. The molecule has 0 aliphatic rings. The smallest absolute Gasteiger partial charge is 0.387 e. The average molecular weight is 483 g/mol. The fourth-order valence-electron chi connectivity index (χ4n) is 3.64. The van der Waals surface area contributed by atoms with Crippen molar-refractivity contribution in [2.45, 2.75) is 50.9 Å². The van der Waals surface area contributed by atoms with Crippen molar-refractivity contribution in [3.05, 3.63) is 47.8 Å². The summed E-state index contributed by atoms with van der Waals surface area (Å²) in [6.07, 6.45) is 1.94. The van der Waals surface area contributed by atoms with Crippen molar-refractivity contribution in [3.8, 4) is 11.5 Å². The lowest BCUT2D eigenvalue weighted by Crippen LogP contribution is -2.20. The van der Waals surface area contributed by atoms with Crippen molar-refractivity contribution in [2.75, 3.05) is 14.2 Å². The topological polar surface area (TPSA) is 99.7 Å². The molecule has 2 N–H and O–H groups in total. The van der Waals surface area contributed by atoms with Gasteiger partial charge in [0.1, 0.15) is 5.82 Å². The van der Waals surface area contributed by atoms with Gasteiger partial charge in [-0.25, -0.2) is 18.5 Å². The second-order valence-corrected chi connectivity index (χ2v) is 9.33. The Morgan fingerprint density at radius 3 is 2.55 bits per heavy atom. The molecule has 0 radical (unpaired) electrons. The van der Waals surface area contributed by atoms with Crippen molar-refractivity contribution >= 4 is 21.1 Å². The number of aromatic nitrogens is 2. The van der Waals surface area contributed by atoms with Crippen LogP contribution < -0.4 is 14.6 Å². The Balaban J connectivity index is 1.85. The summed E-state index contributed by atoms with van der Waals surface area (Å²) in [5, 5.41) is 5.27. The van der Waals surface area contributed by atoms with E-state index in [0.717, 1.165) is 36.3 Å².